The molecule has 1 unspecified atom stereocenters. The Bertz CT molecular complexity index is 345. The van der Waals surface area contributed by atoms with Crippen LogP contribution in [-0.4, -0.2) is 12.6 Å². The molecular formula is C16H23N. The highest BCUT2D eigenvalue weighted by atomic mass is 14.9. The normalized spacial score (nSPS) is 11.6. The van der Waals surface area contributed by atoms with E-state index >= 15 is 0 Å². The van der Waals surface area contributed by atoms with E-state index in [1.54, 1.807) is 0 Å². The van der Waals surface area contributed by atoms with Gasteiger partial charge in [0.2, 0.25) is 0 Å². The van der Waals surface area contributed by atoms with E-state index in [9.17, 15) is 0 Å². The molecule has 0 spiro atoms. The van der Waals surface area contributed by atoms with Gasteiger partial charge in [0.15, 0.2) is 0 Å². The van der Waals surface area contributed by atoms with Crippen molar-refractivity contribution in [2.75, 3.05) is 6.54 Å². The van der Waals surface area contributed by atoms with Gasteiger partial charge in [0.05, 0.1) is 6.04 Å². The molecule has 0 amide bonds. The third kappa shape index (κ3) is 6.14. The Labute approximate surface area is 106 Å². The molecule has 1 nitrogen and oxygen atoms in total. The van der Waals surface area contributed by atoms with Gasteiger partial charge in [-0.25, -0.2) is 0 Å². The molecule has 1 rings (SSSR count). The molecule has 0 aromatic heterocycles. The smallest absolute Gasteiger partial charge is 0.0693 e. The quantitative estimate of drug-likeness (QED) is 0.580. The maximum Gasteiger partial charge on any atom is 0.0693 e. The van der Waals surface area contributed by atoms with Crippen molar-refractivity contribution in [3.63, 3.8) is 0 Å². The molecule has 0 radical (unpaired) electrons. The van der Waals surface area contributed by atoms with Gasteiger partial charge in [-0.2, -0.15) is 0 Å². The summed E-state index contributed by atoms with van der Waals surface area (Å²) in [5.41, 5.74) is 1.10. The fourth-order valence-corrected chi connectivity index (χ4v) is 1.66. The van der Waals surface area contributed by atoms with Crippen LogP contribution in [0.3, 0.4) is 0 Å². The zero-order valence-corrected chi connectivity index (χ0v) is 11.0. The summed E-state index contributed by atoms with van der Waals surface area (Å²) in [5, 5.41) is 3.52. The first-order valence-corrected chi connectivity index (χ1v) is 6.66. The van der Waals surface area contributed by atoms with Crippen molar-refractivity contribution in [1.29, 1.82) is 0 Å². The largest absolute Gasteiger partial charge is 0.304 e. The summed E-state index contributed by atoms with van der Waals surface area (Å²) in [6.07, 6.45) is 4.77. The van der Waals surface area contributed by atoms with Crippen LogP contribution in [0, 0.1) is 11.8 Å². The summed E-state index contributed by atoms with van der Waals surface area (Å²) in [6.45, 7) is 5.50. The fraction of sp³-hybridized carbons (Fsp3) is 0.500. The number of hydrogen-bond acceptors (Lipinski definition) is 1. The van der Waals surface area contributed by atoms with E-state index in [-0.39, 0.29) is 0 Å². The zero-order chi connectivity index (χ0) is 12.3. The molecule has 17 heavy (non-hydrogen) atoms. The van der Waals surface area contributed by atoms with Gasteiger partial charge in [-0.1, -0.05) is 56.7 Å². The van der Waals surface area contributed by atoms with Crippen LogP contribution in [0.2, 0.25) is 0 Å². The summed E-state index contributed by atoms with van der Waals surface area (Å²) in [7, 11) is 0. The van der Waals surface area contributed by atoms with Crippen LogP contribution in [-0.2, 0) is 0 Å². The molecule has 0 heterocycles. The van der Waals surface area contributed by atoms with Gasteiger partial charge in [-0.15, -0.1) is 0 Å². The third-order valence-corrected chi connectivity index (χ3v) is 2.66. The van der Waals surface area contributed by atoms with E-state index in [1.807, 2.05) is 18.2 Å². The molecule has 92 valence electrons. The Morgan fingerprint density at radius 3 is 2.53 bits per heavy atom. The van der Waals surface area contributed by atoms with Crippen molar-refractivity contribution in [2.45, 2.75) is 45.6 Å². The molecule has 0 saturated carbocycles. The molecule has 1 aromatic rings. The van der Waals surface area contributed by atoms with Gasteiger partial charge in [0.1, 0.15) is 0 Å². The van der Waals surface area contributed by atoms with E-state index < -0.39 is 0 Å². The summed E-state index contributed by atoms with van der Waals surface area (Å²) in [6, 6.07) is 10.5. The average Bonchev–Trinajstić information content (AvgIpc) is 2.37. The Hall–Kier alpha value is -1.26. The maximum absolute atomic E-state index is 3.52. The summed E-state index contributed by atoms with van der Waals surface area (Å²) < 4.78 is 0. The second-order valence-corrected chi connectivity index (χ2v) is 4.28. The number of unbranched alkanes of at least 4 members (excludes halogenated alkanes) is 1. The molecule has 0 bridgehead atoms. The lowest BCUT2D eigenvalue weighted by molar-refractivity contribution is 0.547. The van der Waals surface area contributed by atoms with Crippen LogP contribution in [0.4, 0.5) is 0 Å². The Kier molecular flexibility index (Phi) is 7.18. The van der Waals surface area contributed by atoms with E-state index in [2.05, 4.69) is 43.1 Å². The second-order valence-electron chi connectivity index (χ2n) is 4.28. The predicted molar refractivity (Wildman–Crippen MR) is 74.9 cm³/mol. The van der Waals surface area contributed by atoms with Crippen molar-refractivity contribution in [3.05, 3.63) is 35.9 Å². The number of benzene rings is 1. The van der Waals surface area contributed by atoms with Gasteiger partial charge in [0, 0.05) is 5.56 Å². The number of hydrogen-bond donors (Lipinski definition) is 1. The van der Waals surface area contributed by atoms with E-state index in [0.717, 1.165) is 18.5 Å². The lowest BCUT2D eigenvalue weighted by Gasteiger charge is -2.11. The van der Waals surface area contributed by atoms with Gasteiger partial charge in [-0.05, 0) is 31.5 Å². The molecular weight excluding hydrogens is 206 g/mol. The van der Waals surface area contributed by atoms with Crippen molar-refractivity contribution < 1.29 is 0 Å². The van der Waals surface area contributed by atoms with Crippen molar-refractivity contribution in [2.24, 2.45) is 0 Å². The lowest BCUT2D eigenvalue weighted by atomic mass is 10.1. The second kappa shape index (κ2) is 8.84. The SMILES string of the molecule is CCCCNC(C#Cc1ccccc1)CCC. The highest BCUT2D eigenvalue weighted by Gasteiger charge is 2.01. The maximum atomic E-state index is 3.52. The van der Waals surface area contributed by atoms with Gasteiger partial charge in [-0.3, -0.25) is 0 Å². The van der Waals surface area contributed by atoms with Crippen LogP contribution in [0.1, 0.15) is 45.1 Å². The highest BCUT2D eigenvalue weighted by Crippen LogP contribution is 1.99. The van der Waals surface area contributed by atoms with E-state index in [0.29, 0.717) is 6.04 Å². The molecule has 1 atom stereocenters. The van der Waals surface area contributed by atoms with E-state index in [4.69, 9.17) is 0 Å². The molecule has 1 aromatic carbocycles. The van der Waals surface area contributed by atoms with E-state index in [1.165, 1.54) is 19.3 Å². The monoisotopic (exact) mass is 229 g/mol. The minimum Gasteiger partial charge on any atom is -0.304 e. The van der Waals surface area contributed by atoms with Gasteiger partial charge >= 0.3 is 0 Å². The Morgan fingerprint density at radius 1 is 1.12 bits per heavy atom. The molecule has 1 heteroatoms. The first kappa shape index (κ1) is 13.8. The van der Waals surface area contributed by atoms with Crippen molar-refractivity contribution >= 4 is 0 Å². The molecule has 1 N–H and O–H groups in total. The fourth-order valence-electron chi connectivity index (χ4n) is 1.66. The van der Waals surface area contributed by atoms with Crippen LogP contribution in [0.15, 0.2) is 30.3 Å². The predicted octanol–water partition coefficient (Wildman–Crippen LogP) is 3.60. The van der Waals surface area contributed by atoms with Crippen molar-refractivity contribution in [3.8, 4) is 11.8 Å². The molecule has 0 aliphatic carbocycles. The average molecular weight is 229 g/mol. The Balaban J connectivity index is 2.51. The highest BCUT2D eigenvalue weighted by molar-refractivity contribution is 5.34. The number of nitrogens with one attached hydrogen (secondary N) is 1. The van der Waals surface area contributed by atoms with Crippen LogP contribution < -0.4 is 5.32 Å². The summed E-state index contributed by atoms with van der Waals surface area (Å²) in [5.74, 6) is 6.58. The van der Waals surface area contributed by atoms with Gasteiger partial charge in [0.25, 0.3) is 0 Å². The van der Waals surface area contributed by atoms with Crippen molar-refractivity contribution in [1.82, 2.24) is 5.32 Å². The van der Waals surface area contributed by atoms with Crippen LogP contribution in [0.25, 0.3) is 0 Å². The first-order chi connectivity index (χ1) is 8.36. The Morgan fingerprint density at radius 2 is 1.88 bits per heavy atom. The minimum atomic E-state index is 0.340. The molecule has 0 fully saturated rings. The lowest BCUT2D eigenvalue weighted by Crippen LogP contribution is -2.28. The zero-order valence-electron chi connectivity index (χ0n) is 11.0. The van der Waals surface area contributed by atoms with Crippen LogP contribution in [0.5, 0.6) is 0 Å². The summed E-state index contributed by atoms with van der Waals surface area (Å²) in [4.78, 5) is 0. The topological polar surface area (TPSA) is 12.0 Å². The number of rotatable bonds is 6. The summed E-state index contributed by atoms with van der Waals surface area (Å²) >= 11 is 0. The minimum absolute atomic E-state index is 0.340. The first-order valence-electron chi connectivity index (χ1n) is 6.66. The van der Waals surface area contributed by atoms with Gasteiger partial charge < -0.3 is 5.32 Å². The molecule has 0 aliphatic heterocycles. The molecule has 0 aliphatic rings. The third-order valence-electron chi connectivity index (χ3n) is 2.66. The molecule has 0 saturated heterocycles. The standard InChI is InChI=1S/C16H23N/c1-3-5-14-17-16(9-4-2)13-12-15-10-7-6-8-11-15/h6-8,10-11,16-17H,3-5,9,14H2,1-2H3. The van der Waals surface area contributed by atoms with Crippen LogP contribution >= 0.6 is 0 Å².